The number of rotatable bonds is 5. The summed E-state index contributed by atoms with van der Waals surface area (Å²) in [6, 6.07) is 5.00. The molecule has 0 spiro atoms. The minimum Gasteiger partial charge on any atom is -0.378 e. The molecule has 1 aliphatic heterocycles. The minimum atomic E-state index is -4.95. The molecule has 176 valence electrons. The van der Waals surface area contributed by atoms with E-state index in [9.17, 15) is 46.0 Å². The Hall–Kier alpha value is -3.64. The summed E-state index contributed by atoms with van der Waals surface area (Å²) in [5.74, 6) is -3.27. The van der Waals surface area contributed by atoms with Crippen LogP contribution < -0.4 is 10.6 Å². The zero-order valence-corrected chi connectivity index (χ0v) is 16.5. The van der Waals surface area contributed by atoms with Crippen molar-refractivity contribution in [3.05, 3.63) is 68.8 Å². The molecule has 0 bridgehead atoms. The van der Waals surface area contributed by atoms with E-state index in [2.05, 4.69) is 10.6 Å². The summed E-state index contributed by atoms with van der Waals surface area (Å²) in [5, 5.41) is 16.1. The molecule has 1 aliphatic rings. The predicted octanol–water partition coefficient (Wildman–Crippen LogP) is 4.22. The van der Waals surface area contributed by atoms with Gasteiger partial charge in [-0.05, 0) is 30.2 Å². The summed E-state index contributed by atoms with van der Waals surface area (Å²) in [5.41, 5.74) is -3.70. The summed E-state index contributed by atoms with van der Waals surface area (Å²) in [7, 11) is 0. The maximum atomic E-state index is 13.1. The van der Waals surface area contributed by atoms with E-state index in [1.165, 1.54) is 12.1 Å². The number of nitro benzene ring substituents is 1. The second kappa shape index (κ2) is 8.71. The van der Waals surface area contributed by atoms with Crippen LogP contribution in [0.3, 0.4) is 0 Å². The second-order valence-electron chi connectivity index (χ2n) is 7.21. The van der Waals surface area contributed by atoms with Gasteiger partial charge in [-0.2, -0.15) is 26.3 Å². The topological polar surface area (TPSA) is 101 Å². The van der Waals surface area contributed by atoms with E-state index >= 15 is 0 Å². The fourth-order valence-electron chi connectivity index (χ4n) is 3.32. The first kappa shape index (κ1) is 24.0. The fraction of sp³-hybridized carbons (Fsp3) is 0.300. The molecule has 0 saturated heterocycles. The van der Waals surface area contributed by atoms with Crippen LogP contribution in [-0.4, -0.2) is 29.7 Å². The molecule has 0 aliphatic carbocycles. The zero-order valence-electron chi connectivity index (χ0n) is 16.5. The van der Waals surface area contributed by atoms with Crippen LogP contribution in [0.25, 0.3) is 0 Å². The van der Waals surface area contributed by atoms with Crippen LogP contribution in [0.15, 0.2) is 36.4 Å². The van der Waals surface area contributed by atoms with E-state index in [0.29, 0.717) is 17.7 Å². The second-order valence-corrected chi connectivity index (χ2v) is 7.21. The summed E-state index contributed by atoms with van der Waals surface area (Å²) in [6.07, 6.45) is -9.30. The van der Waals surface area contributed by atoms with Gasteiger partial charge in [-0.3, -0.25) is 19.7 Å². The normalized spacial score (nSPS) is 16.1. The molecule has 0 saturated carbocycles. The number of amides is 1. The van der Waals surface area contributed by atoms with Crippen LogP contribution in [0.1, 0.15) is 27.0 Å². The monoisotopic (exact) mass is 475 g/mol. The van der Waals surface area contributed by atoms with Gasteiger partial charge in [-0.15, -0.1) is 0 Å². The van der Waals surface area contributed by atoms with Crippen molar-refractivity contribution in [1.29, 1.82) is 0 Å². The van der Waals surface area contributed by atoms with E-state index in [1.54, 1.807) is 0 Å². The number of anilines is 1. The molecule has 0 radical (unpaired) electrons. The summed E-state index contributed by atoms with van der Waals surface area (Å²) >= 11 is 0. The van der Waals surface area contributed by atoms with Gasteiger partial charge in [0.1, 0.15) is 11.6 Å². The quantitative estimate of drug-likeness (QED) is 0.292. The van der Waals surface area contributed by atoms with Crippen molar-refractivity contribution in [3.8, 4) is 0 Å². The Morgan fingerprint density at radius 1 is 1.06 bits per heavy atom. The van der Waals surface area contributed by atoms with Crippen LogP contribution in [0.2, 0.25) is 0 Å². The minimum absolute atomic E-state index is 0.0520. The molecule has 2 aromatic rings. The lowest BCUT2D eigenvalue weighted by Crippen LogP contribution is -2.43. The summed E-state index contributed by atoms with van der Waals surface area (Å²) < 4.78 is 77.1. The third-order valence-electron chi connectivity index (χ3n) is 5.02. The number of nitrogens with one attached hydrogen (secondary N) is 2. The van der Waals surface area contributed by atoms with Gasteiger partial charge in [0.2, 0.25) is 5.91 Å². The lowest BCUT2D eigenvalue weighted by molar-refractivity contribution is -0.384. The highest BCUT2D eigenvalue weighted by atomic mass is 19.4. The molecule has 7 nitrogen and oxygen atoms in total. The van der Waals surface area contributed by atoms with Gasteiger partial charge < -0.3 is 10.6 Å². The van der Waals surface area contributed by atoms with Crippen LogP contribution in [0.4, 0.5) is 37.7 Å². The van der Waals surface area contributed by atoms with E-state index in [1.807, 2.05) is 0 Å². The lowest BCUT2D eigenvalue weighted by Gasteiger charge is -2.25. The molecular formula is C20H15F6N3O4. The Labute approximate surface area is 181 Å². The SMILES string of the molecule is O=C(NCCc1ccc(C(F)(F)F)cc1)C1CNc2c(cc(C(F)(F)F)cc2[N+](=O)[O-])C1=O. The molecule has 1 unspecified atom stereocenters. The highest BCUT2D eigenvalue weighted by Crippen LogP contribution is 2.40. The zero-order chi connectivity index (χ0) is 24.6. The number of fused-ring (bicyclic) bond motifs is 1. The fourth-order valence-corrected chi connectivity index (χ4v) is 3.32. The number of hydrogen-bond acceptors (Lipinski definition) is 5. The number of nitrogens with zero attached hydrogens (tertiary/aromatic N) is 1. The number of ketones is 1. The van der Waals surface area contributed by atoms with Crippen molar-refractivity contribution in [2.24, 2.45) is 5.92 Å². The average molecular weight is 475 g/mol. The van der Waals surface area contributed by atoms with Crippen LogP contribution in [0, 0.1) is 16.0 Å². The Bertz CT molecular complexity index is 1100. The van der Waals surface area contributed by atoms with Crippen molar-refractivity contribution in [2.75, 3.05) is 18.4 Å². The highest BCUT2D eigenvalue weighted by Gasteiger charge is 2.40. The van der Waals surface area contributed by atoms with E-state index in [0.717, 1.165) is 12.1 Å². The Morgan fingerprint density at radius 2 is 1.67 bits per heavy atom. The maximum Gasteiger partial charge on any atom is 0.416 e. The molecule has 0 fully saturated rings. The standard InChI is InChI=1S/C20H15F6N3O4/c21-19(22,23)11-3-1-10(2-4-11)5-6-27-18(31)14-9-28-16-13(17(14)30)7-12(20(24,25)26)8-15(16)29(32)33/h1-4,7-8,14,28H,5-6,9H2,(H,27,31). The van der Waals surface area contributed by atoms with Gasteiger partial charge >= 0.3 is 12.4 Å². The Balaban J connectivity index is 1.71. The molecule has 3 rings (SSSR count). The summed E-state index contributed by atoms with van der Waals surface area (Å²) in [4.78, 5) is 35.2. The van der Waals surface area contributed by atoms with Crippen molar-refractivity contribution in [2.45, 2.75) is 18.8 Å². The van der Waals surface area contributed by atoms with Crippen molar-refractivity contribution in [3.63, 3.8) is 0 Å². The smallest absolute Gasteiger partial charge is 0.378 e. The van der Waals surface area contributed by atoms with Gasteiger partial charge in [-0.1, -0.05) is 12.1 Å². The largest absolute Gasteiger partial charge is 0.416 e. The first-order valence-corrected chi connectivity index (χ1v) is 9.40. The first-order chi connectivity index (χ1) is 15.3. The Morgan fingerprint density at radius 3 is 2.21 bits per heavy atom. The molecule has 13 heteroatoms. The van der Waals surface area contributed by atoms with Crippen molar-refractivity contribution in [1.82, 2.24) is 5.32 Å². The van der Waals surface area contributed by atoms with Crippen LogP contribution >= 0.6 is 0 Å². The number of hydrogen-bond donors (Lipinski definition) is 2. The summed E-state index contributed by atoms with van der Waals surface area (Å²) in [6.45, 7) is -0.423. The average Bonchev–Trinajstić information content (AvgIpc) is 2.72. The van der Waals surface area contributed by atoms with Crippen molar-refractivity contribution < 1.29 is 40.9 Å². The highest BCUT2D eigenvalue weighted by molar-refractivity contribution is 6.15. The molecule has 1 amide bonds. The molecule has 33 heavy (non-hydrogen) atoms. The predicted molar refractivity (Wildman–Crippen MR) is 103 cm³/mol. The maximum absolute atomic E-state index is 13.1. The molecule has 2 N–H and O–H groups in total. The number of alkyl halides is 6. The van der Waals surface area contributed by atoms with E-state index in [4.69, 9.17) is 0 Å². The third kappa shape index (κ3) is 5.23. The number of Topliss-reactive ketones (excluding diaryl/α,β-unsaturated/α-hetero) is 1. The van der Waals surface area contributed by atoms with E-state index < -0.39 is 62.9 Å². The van der Waals surface area contributed by atoms with Crippen LogP contribution in [-0.2, 0) is 23.6 Å². The van der Waals surface area contributed by atoms with Gasteiger partial charge in [0, 0.05) is 24.7 Å². The Kier molecular flexibility index (Phi) is 6.34. The van der Waals surface area contributed by atoms with Crippen molar-refractivity contribution >= 4 is 23.1 Å². The van der Waals surface area contributed by atoms with Gasteiger partial charge in [0.25, 0.3) is 5.69 Å². The molecule has 0 aromatic heterocycles. The third-order valence-corrected chi connectivity index (χ3v) is 5.02. The lowest BCUT2D eigenvalue weighted by atomic mass is 9.89. The molecule has 1 atom stereocenters. The number of halogens is 6. The van der Waals surface area contributed by atoms with Gasteiger partial charge in [-0.25, -0.2) is 0 Å². The molecule has 2 aromatic carbocycles. The van der Waals surface area contributed by atoms with Gasteiger partial charge in [0.05, 0.1) is 16.1 Å². The first-order valence-electron chi connectivity index (χ1n) is 9.40. The number of benzene rings is 2. The van der Waals surface area contributed by atoms with Gasteiger partial charge in [0.15, 0.2) is 5.78 Å². The molecular weight excluding hydrogens is 460 g/mol. The number of carbonyl (C=O) groups is 2. The number of carbonyl (C=O) groups excluding carboxylic acids is 2. The molecule has 1 heterocycles. The van der Waals surface area contributed by atoms with E-state index in [-0.39, 0.29) is 19.5 Å². The van der Waals surface area contributed by atoms with Crippen LogP contribution in [0.5, 0.6) is 0 Å². The number of nitro groups is 1.